The second kappa shape index (κ2) is 11.0. The van der Waals surface area contributed by atoms with E-state index >= 15 is 0 Å². The van der Waals surface area contributed by atoms with Crippen LogP contribution >= 0.6 is 24.8 Å². The normalized spacial score (nSPS) is 20.6. The smallest absolute Gasteiger partial charge is 0.339 e. The lowest BCUT2D eigenvalue weighted by molar-refractivity contribution is -0.137. The molecular weight excluding hydrogens is 481 g/mol. The van der Waals surface area contributed by atoms with Gasteiger partial charge in [0.1, 0.15) is 5.82 Å². The topological polar surface area (TPSA) is 35.6 Å². The molecule has 2 atom stereocenters. The Morgan fingerprint density at radius 2 is 1.67 bits per heavy atom. The summed E-state index contributed by atoms with van der Waals surface area (Å²) in [4.78, 5) is 16.4. The van der Waals surface area contributed by atoms with Crippen LogP contribution in [0.5, 0.6) is 0 Å². The molecule has 2 unspecified atom stereocenters. The van der Waals surface area contributed by atoms with Gasteiger partial charge >= 0.3 is 6.18 Å². The highest BCUT2D eigenvalue weighted by atomic mass is 35.5. The van der Waals surface area contributed by atoms with Crippen molar-refractivity contribution in [2.75, 3.05) is 39.8 Å². The summed E-state index contributed by atoms with van der Waals surface area (Å²) >= 11 is 0. The van der Waals surface area contributed by atoms with Crippen LogP contribution in [0.25, 0.3) is 11.1 Å². The SMILES string of the molecule is CN1CCN(C(=O)CNC2CC2c2ccc(-c3cc(F)ccc3C(F)(F)F)cc2)CC1.Cl.Cl. The first kappa shape index (κ1) is 27.4. The number of rotatable bonds is 5. The molecule has 0 bridgehead atoms. The number of nitrogens with zero attached hydrogens (tertiary/aromatic N) is 2. The van der Waals surface area contributed by atoms with Crippen LogP contribution in [-0.4, -0.2) is 61.5 Å². The fraction of sp³-hybridized carbons (Fsp3) is 0.435. The van der Waals surface area contributed by atoms with Gasteiger partial charge < -0.3 is 15.1 Å². The third kappa shape index (κ3) is 6.59. The Labute approximate surface area is 203 Å². The van der Waals surface area contributed by atoms with Crippen molar-refractivity contribution in [1.29, 1.82) is 0 Å². The molecule has 0 spiro atoms. The maximum absolute atomic E-state index is 13.6. The molecule has 33 heavy (non-hydrogen) atoms. The molecule has 1 aliphatic carbocycles. The molecule has 10 heteroatoms. The van der Waals surface area contributed by atoms with E-state index in [9.17, 15) is 22.4 Å². The summed E-state index contributed by atoms with van der Waals surface area (Å²) in [5, 5.41) is 3.29. The van der Waals surface area contributed by atoms with Gasteiger partial charge in [0.05, 0.1) is 12.1 Å². The van der Waals surface area contributed by atoms with Crippen molar-refractivity contribution in [3.8, 4) is 11.1 Å². The van der Waals surface area contributed by atoms with Crippen LogP contribution < -0.4 is 5.32 Å². The van der Waals surface area contributed by atoms with Crippen molar-refractivity contribution in [2.24, 2.45) is 0 Å². The van der Waals surface area contributed by atoms with Gasteiger partial charge in [0, 0.05) is 38.1 Å². The highest BCUT2D eigenvalue weighted by Crippen LogP contribution is 2.42. The molecule has 4 rings (SSSR count). The summed E-state index contributed by atoms with van der Waals surface area (Å²) in [6, 6.07) is 9.48. The van der Waals surface area contributed by atoms with E-state index < -0.39 is 17.6 Å². The lowest BCUT2D eigenvalue weighted by Gasteiger charge is -2.32. The van der Waals surface area contributed by atoms with Crippen LogP contribution in [0.2, 0.25) is 0 Å². The molecule has 1 heterocycles. The number of hydrogen-bond acceptors (Lipinski definition) is 3. The third-order valence-electron chi connectivity index (χ3n) is 6.10. The number of carbonyl (C=O) groups is 1. The Kier molecular flexibility index (Phi) is 9.16. The van der Waals surface area contributed by atoms with E-state index in [1.807, 2.05) is 11.9 Å². The molecule has 2 aliphatic rings. The van der Waals surface area contributed by atoms with Crippen LogP contribution in [-0.2, 0) is 11.0 Å². The first-order valence-electron chi connectivity index (χ1n) is 10.4. The summed E-state index contributed by atoms with van der Waals surface area (Å²) in [7, 11) is 2.04. The van der Waals surface area contributed by atoms with Gasteiger partial charge in [-0.2, -0.15) is 13.2 Å². The number of alkyl halides is 3. The molecule has 1 aliphatic heterocycles. The molecule has 0 radical (unpaired) electrons. The zero-order chi connectivity index (χ0) is 22.2. The number of halogens is 6. The average Bonchev–Trinajstić information content (AvgIpc) is 3.51. The summed E-state index contributed by atoms with van der Waals surface area (Å²) < 4.78 is 53.4. The zero-order valence-electron chi connectivity index (χ0n) is 18.1. The maximum atomic E-state index is 13.6. The minimum atomic E-state index is -4.55. The van der Waals surface area contributed by atoms with Crippen molar-refractivity contribution in [3.05, 3.63) is 59.4 Å². The Morgan fingerprint density at radius 1 is 1.03 bits per heavy atom. The van der Waals surface area contributed by atoms with Crippen LogP contribution in [0.4, 0.5) is 17.6 Å². The van der Waals surface area contributed by atoms with Crippen LogP contribution in [0.3, 0.4) is 0 Å². The van der Waals surface area contributed by atoms with Crippen molar-refractivity contribution >= 4 is 30.7 Å². The minimum absolute atomic E-state index is 0. The van der Waals surface area contributed by atoms with Gasteiger partial charge in [0.15, 0.2) is 0 Å². The fourth-order valence-corrected chi connectivity index (χ4v) is 4.09. The van der Waals surface area contributed by atoms with Gasteiger partial charge in [-0.3, -0.25) is 4.79 Å². The van der Waals surface area contributed by atoms with Crippen molar-refractivity contribution < 1.29 is 22.4 Å². The largest absolute Gasteiger partial charge is 0.417 e. The van der Waals surface area contributed by atoms with Gasteiger partial charge in [0.25, 0.3) is 0 Å². The molecule has 1 N–H and O–H groups in total. The highest BCUT2D eigenvalue weighted by Gasteiger charge is 2.39. The number of carbonyl (C=O) groups excluding carboxylic acids is 1. The van der Waals surface area contributed by atoms with Crippen LogP contribution in [0.15, 0.2) is 42.5 Å². The Hall–Kier alpha value is -1.87. The van der Waals surface area contributed by atoms with E-state index in [-0.39, 0.29) is 48.2 Å². The standard InChI is InChI=1S/C23H25F4N3O.2ClH/c1-29-8-10-30(11-9-29)22(31)14-28-21-13-19(21)16-4-2-15(3-5-16)18-12-17(24)6-7-20(18)23(25,26)27;;/h2-7,12,19,21,28H,8-11,13-14H2,1H3;2*1H. The maximum Gasteiger partial charge on any atom is 0.417 e. The van der Waals surface area contributed by atoms with Crippen LogP contribution in [0, 0.1) is 5.82 Å². The van der Waals surface area contributed by atoms with E-state index in [2.05, 4.69) is 10.2 Å². The van der Waals surface area contributed by atoms with Gasteiger partial charge in [-0.15, -0.1) is 24.8 Å². The minimum Gasteiger partial charge on any atom is -0.339 e. The predicted octanol–water partition coefficient (Wildman–Crippen LogP) is 4.57. The second-order valence-corrected chi connectivity index (χ2v) is 8.32. The first-order valence-corrected chi connectivity index (χ1v) is 10.4. The van der Waals surface area contributed by atoms with Crippen molar-refractivity contribution in [3.63, 3.8) is 0 Å². The van der Waals surface area contributed by atoms with E-state index in [0.717, 1.165) is 56.4 Å². The highest BCUT2D eigenvalue weighted by molar-refractivity contribution is 5.85. The van der Waals surface area contributed by atoms with Crippen molar-refractivity contribution in [2.45, 2.75) is 24.6 Å². The molecule has 2 fully saturated rings. The predicted molar refractivity (Wildman–Crippen MR) is 125 cm³/mol. The third-order valence-corrected chi connectivity index (χ3v) is 6.10. The average molecular weight is 508 g/mol. The molecule has 4 nitrogen and oxygen atoms in total. The molecule has 1 amide bonds. The number of hydrogen-bond donors (Lipinski definition) is 1. The van der Waals surface area contributed by atoms with Gasteiger partial charge in [-0.1, -0.05) is 24.3 Å². The molecule has 2 aromatic rings. The van der Waals surface area contributed by atoms with Crippen LogP contribution in [0.1, 0.15) is 23.5 Å². The van der Waals surface area contributed by atoms with E-state index in [0.29, 0.717) is 12.1 Å². The second-order valence-electron chi connectivity index (χ2n) is 8.32. The fourth-order valence-electron chi connectivity index (χ4n) is 4.09. The van der Waals surface area contributed by atoms with E-state index in [4.69, 9.17) is 0 Å². The van der Waals surface area contributed by atoms with Gasteiger partial charge in [-0.05, 0) is 48.4 Å². The zero-order valence-corrected chi connectivity index (χ0v) is 19.7. The summed E-state index contributed by atoms with van der Waals surface area (Å²) in [6.45, 7) is 3.54. The molecule has 1 saturated carbocycles. The molecular formula is C23H27Cl2F4N3O. The molecule has 0 aromatic heterocycles. The Bertz CT molecular complexity index is 948. The van der Waals surface area contributed by atoms with E-state index in [1.54, 1.807) is 24.3 Å². The Morgan fingerprint density at radius 3 is 2.27 bits per heavy atom. The number of nitrogens with one attached hydrogen (secondary N) is 1. The summed E-state index contributed by atoms with van der Waals surface area (Å²) in [5.74, 6) is -0.382. The lowest BCUT2D eigenvalue weighted by atomic mass is 9.97. The number of benzene rings is 2. The number of likely N-dealkylation sites (N-methyl/N-ethyl adjacent to an activating group) is 1. The van der Waals surface area contributed by atoms with Crippen molar-refractivity contribution in [1.82, 2.24) is 15.1 Å². The molecule has 182 valence electrons. The monoisotopic (exact) mass is 507 g/mol. The summed E-state index contributed by atoms with van der Waals surface area (Å²) in [6.07, 6.45) is -3.67. The van der Waals surface area contributed by atoms with Gasteiger partial charge in [-0.25, -0.2) is 4.39 Å². The molecule has 1 saturated heterocycles. The number of piperazine rings is 1. The van der Waals surface area contributed by atoms with Gasteiger partial charge in [0.2, 0.25) is 5.91 Å². The summed E-state index contributed by atoms with van der Waals surface area (Å²) in [5.41, 5.74) is 0.307. The van der Waals surface area contributed by atoms with E-state index in [1.165, 1.54) is 0 Å². The lowest BCUT2D eigenvalue weighted by Crippen LogP contribution is -2.49. The quantitative estimate of drug-likeness (QED) is 0.602. The Balaban J connectivity index is 0.00000193. The first-order chi connectivity index (χ1) is 14.7. The number of amides is 1. The molecule has 2 aromatic carbocycles.